The summed E-state index contributed by atoms with van der Waals surface area (Å²) in [6, 6.07) is 14.8. The minimum atomic E-state index is -0.391. The number of carbonyl (C=O) groups excluding carboxylic acids is 2. The van der Waals surface area contributed by atoms with Crippen LogP contribution in [0.25, 0.3) is 0 Å². The molecule has 2 rings (SSSR count). The molecular weight excluding hydrogens is 390 g/mol. The van der Waals surface area contributed by atoms with Crippen LogP contribution in [-0.2, 0) is 15.3 Å². The fourth-order valence-corrected chi connectivity index (χ4v) is 3.03. The molecule has 126 valence electrons. The SMILES string of the molecule is CCOC(=O)c1cccc(NC(=O)CSCc2ccc(Br)cc2)c1. The number of esters is 1. The summed E-state index contributed by atoms with van der Waals surface area (Å²) in [5.41, 5.74) is 2.19. The highest BCUT2D eigenvalue weighted by molar-refractivity contribution is 9.10. The third-order valence-corrected chi connectivity index (χ3v) is 4.61. The van der Waals surface area contributed by atoms with Crippen LogP contribution in [0.15, 0.2) is 53.0 Å². The van der Waals surface area contributed by atoms with E-state index >= 15 is 0 Å². The predicted octanol–water partition coefficient (Wildman–Crippen LogP) is 4.50. The number of rotatable bonds is 7. The van der Waals surface area contributed by atoms with E-state index in [-0.39, 0.29) is 5.91 Å². The lowest BCUT2D eigenvalue weighted by molar-refractivity contribution is -0.113. The van der Waals surface area contributed by atoms with E-state index in [1.54, 1.807) is 31.2 Å². The van der Waals surface area contributed by atoms with E-state index in [1.807, 2.05) is 24.3 Å². The van der Waals surface area contributed by atoms with E-state index in [4.69, 9.17) is 4.74 Å². The molecule has 0 bridgehead atoms. The van der Waals surface area contributed by atoms with Gasteiger partial charge < -0.3 is 10.1 Å². The van der Waals surface area contributed by atoms with Crippen LogP contribution in [0, 0.1) is 0 Å². The third-order valence-electron chi connectivity index (χ3n) is 3.07. The van der Waals surface area contributed by atoms with Crippen LogP contribution in [0.1, 0.15) is 22.8 Å². The first-order chi connectivity index (χ1) is 11.6. The quantitative estimate of drug-likeness (QED) is 0.686. The second-order valence-electron chi connectivity index (χ2n) is 4.97. The summed E-state index contributed by atoms with van der Waals surface area (Å²) < 4.78 is 5.99. The van der Waals surface area contributed by atoms with E-state index in [0.29, 0.717) is 23.6 Å². The second kappa shape index (κ2) is 9.49. The molecule has 0 spiro atoms. The van der Waals surface area contributed by atoms with Crippen LogP contribution < -0.4 is 5.32 Å². The van der Waals surface area contributed by atoms with Crippen LogP contribution in [0.2, 0.25) is 0 Å². The number of thioether (sulfide) groups is 1. The Morgan fingerprint density at radius 2 is 1.92 bits per heavy atom. The number of hydrogen-bond acceptors (Lipinski definition) is 4. The Kier molecular flexibility index (Phi) is 7.34. The van der Waals surface area contributed by atoms with Gasteiger partial charge in [-0.05, 0) is 42.8 Å². The number of ether oxygens (including phenoxy) is 1. The molecule has 0 fully saturated rings. The van der Waals surface area contributed by atoms with Crippen molar-refractivity contribution in [1.29, 1.82) is 0 Å². The molecule has 2 aromatic carbocycles. The first kappa shape index (κ1) is 18.5. The van der Waals surface area contributed by atoms with Crippen molar-refractivity contribution in [2.75, 3.05) is 17.7 Å². The molecule has 0 unspecified atom stereocenters. The van der Waals surface area contributed by atoms with Gasteiger partial charge in [0.25, 0.3) is 0 Å². The molecule has 0 aliphatic rings. The van der Waals surface area contributed by atoms with Gasteiger partial charge in [0, 0.05) is 15.9 Å². The molecule has 0 heterocycles. The molecule has 24 heavy (non-hydrogen) atoms. The predicted molar refractivity (Wildman–Crippen MR) is 101 cm³/mol. The zero-order valence-corrected chi connectivity index (χ0v) is 15.7. The van der Waals surface area contributed by atoms with Gasteiger partial charge in [0.1, 0.15) is 0 Å². The molecule has 6 heteroatoms. The molecule has 1 N–H and O–H groups in total. The first-order valence-electron chi connectivity index (χ1n) is 7.47. The van der Waals surface area contributed by atoms with Gasteiger partial charge in [-0.3, -0.25) is 4.79 Å². The Morgan fingerprint density at radius 3 is 2.62 bits per heavy atom. The maximum absolute atomic E-state index is 12.0. The zero-order valence-electron chi connectivity index (χ0n) is 13.3. The molecular formula is C18H18BrNO3S. The number of nitrogens with one attached hydrogen (secondary N) is 1. The zero-order chi connectivity index (χ0) is 17.4. The maximum atomic E-state index is 12.0. The Hall–Kier alpha value is -1.79. The van der Waals surface area contributed by atoms with Crippen LogP contribution in [-0.4, -0.2) is 24.2 Å². The molecule has 0 saturated carbocycles. The van der Waals surface area contributed by atoms with Gasteiger partial charge in [-0.25, -0.2) is 4.79 Å². The van der Waals surface area contributed by atoms with Crippen molar-refractivity contribution in [2.45, 2.75) is 12.7 Å². The normalized spacial score (nSPS) is 10.2. The average molecular weight is 408 g/mol. The Bertz CT molecular complexity index is 704. The molecule has 4 nitrogen and oxygen atoms in total. The minimum Gasteiger partial charge on any atom is -0.462 e. The third kappa shape index (κ3) is 6.02. The van der Waals surface area contributed by atoms with Crippen molar-refractivity contribution in [3.63, 3.8) is 0 Å². The van der Waals surface area contributed by atoms with E-state index in [9.17, 15) is 9.59 Å². The summed E-state index contributed by atoms with van der Waals surface area (Å²) in [5.74, 6) is 0.625. The molecule has 2 aromatic rings. The summed E-state index contributed by atoms with van der Waals surface area (Å²) in [7, 11) is 0. The van der Waals surface area contributed by atoms with Crippen LogP contribution in [0.3, 0.4) is 0 Å². The molecule has 0 aromatic heterocycles. The number of carbonyl (C=O) groups is 2. The van der Waals surface area contributed by atoms with Crippen LogP contribution in [0.4, 0.5) is 5.69 Å². The lowest BCUT2D eigenvalue weighted by atomic mass is 10.2. The van der Waals surface area contributed by atoms with Crippen molar-refractivity contribution in [3.8, 4) is 0 Å². The van der Waals surface area contributed by atoms with Gasteiger partial charge in [-0.15, -0.1) is 11.8 Å². The van der Waals surface area contributed by atoms with Crippen LogP contribution >= 0.6 is 27.7 Å². The van der Waals surface area contributed by atoms with Gasteiger partial charge in [-0.2, -0.15) is 0 Å². The fourth-order valence-electron chi connectivity index (χ4n) is 1.98. The van der Waals surface area contributed by atoms with Gasteiger partial charge >= 0.3 is 5.97 Å². The highest BCUT2D eigenvalue weighted by Gasteiger charge is 2.08. The van der Waals surface area contributed by atoms with E-state index < -0.39 is 5.97 Å². The first-order valence-corrected chi connectivity index (χ1v) is 9.42. The lowest BCUT2D eigenvalue weighted by Crippen LogP contribution is -2.15. The Balaban J connectivity index is 1.82. The number of anilines is 1. The summed E-state index contributed by atoms with van der Waals surface area (Å²) in [6.45, 7) is 2.08. The molecule has 0 aliphatic heterocycles. The van der Waals surface area contributed by atoms with Crippen molar-refractivity contribution < 1.29 is 14.3 Å². The largest absolute Gasteiger partial charge is 0.462 e. The average Bonchev–Trinajstić information content (AvgIpc) is 2.57. The lowest BCUT2D eigenvalue weighted by Gasteiger charge is -2.07. The molecule has 0 saturated heterocycles. The Morgan fingerprint density at radius 1 is 1.17 bits per heavy atom. The Labute approximate surface area is 154 Å². The van der Waals surface area contributed by atoms with Gasteiger partial charge in [0.15, 0.2) is 0 Å². The van der Waals surface area contributed by atoms with Crippen molar-refractivity contribution in [2.24, 2.45) is 0 Å². The molecule has 1 amide bonds. The van der Waals surface area contributed by atoms with Gasteiger partial charge in [0.2, 0.25) is 5.91 Å². The number of hydrogen-bond donors (Lipinski definition) is 1. The summed E-state index contributed by atoms with van der Waals surface area (Å²) in [5, 5.41) is 2.80. The van der Waals surface area contributed by atoms with Crippen molar-refractivity contribution in [3.05, 3.63) is 64.1 Å². The van der Waals surface area contributed by atoms with Crippen molar-refractivity contribution >= 4 is 45.3 Å². The highest BCUT2D eigenvalue weighted by Crippen LogP contribution is 2.17. The minimum absolute atomic E-state index is 0.0990. The number of halogens is 1. The second-order valence-corrected chi connectivity index (χ2v) is 6.87. The van der Waals surface area contributed by atoms with Gasteiger partial charge in [0.05, 0.1) is 17.9 Å². The summed E-state index contributed by atoms with van der Waals surface area (Å²) in [6.07, 6.45) is 0. The van der Waals surface area contributed by atoms with E-state index in [2.05, 4.69) is 21.2 Å². The van der Waals surface area contributed by atoms with Crippen LogP contribution in [0.5, 0.6) is 0 Å². The number of benzene rings is 2. The standard InChI is InChI=1S/C18H18BrNO3S/c1-2-23-18(22)14-4-3-5-16(10-14)20-17(21)12-24-11-13-6-8-15(19)9-7-13/h3-10H,2,11-12H2,1H3,(H,20,21). The fraction of sp³-hybridized carbons (Fsp3) is 0.222. The van der Waals surface area contributed by atoms with E-state index in [1.165, 1.54) is 17.3 Å². The monoisotopic (exact) mass is 407 g/mol. The molecule has 0 radical (unpaired) electrons. The summed E-state index contributed by atoms with van der Waals surface area (Å²) in [4.78, 5) is 23.7. The van der Waals surface area contributed by atoms with E-state index in [0.717, 1.165) is 10.2 Å². The molecule has 0 atom stereocenters. The topological polar surface area (TPSA) is 55.4 Å². The van der Waals surface area contributed by atoms with Gasteiger partial charge in [-0.1, -0.05) is 34.1 Å². The molecule has 0 aliphatic carbocycles. The summed E-state index contributed by atoms with van der Waals surface area (Å²) >= 11 is 4.93. The number of amides is 1. The smallest absolute Gasteiger partial charge is 0.338 e. The maximum Gasteiger partial charge on any atom is 0.338 e. The van der Waals surface area contributed by atoms with Crippen molar-refractivity contribution in [1.82, 2.24) is 0 Å². The highest BCUT2D eigenvalue weighted by atomic mass is 79.9.